The summed E-state index contributed by atoms with van der Waals surface area (Å²) in [7, 11) is 0. The second-order valence-corrected chi connectivity index (χ2v) is 5.04. The molecule has 1 amide bonds. The Bertz CT molecular complexity index is 336. The van der Waals surface area contributed by atoms with Crippen molar-refractivity contribution in [2.75, 3.05) is 0 Å². The molecule has 0 radical (unpaired) electrons. The summed E-state index contributed by atoms with van der Waals surface area (Å²) in [5.41, 5.74) is -0.800. The van der Waals surface area contributed by atoms with Gasteiger partial charge in [0.2, 0.25) is 0 Å². The van der Waals surface area contributed by atoms with Gasteiger partial charge in [-0.25, -0.2) is 0 Å². The maximum atomic E-state index is 12.3. The average Bonchev–Trinajstić information content (AvgIpc) is 2.72. The molecule has 0 unspecified atom stereocenters. The zero-order valence-corrected chi connectivity index (χ0v) is 10.6. The number of unbranched alkanes of at least 4 members (excludes halogenated alkanes) is 1. The molecule has 0 aromatic heterocycles. The predicted octanol–water partition coefficient (Wildman–Crippen LogP) is 2.62. The van der Waals surface area contributed by atoms with Gasteiger partial charge in [-0.05, 0) is 25.7 Å². The van der Waals surface area contributed by atoms with E-state index < -0.39 is 23.6 Å². The highest BCUT2D eigenvalue weighted by Gasteiger charge is 2.44. The Morgan fingerprint density at radius 2 is 1.74 bits per heavy atom. The van der Waals surface area contributed by atoms with Crippen LogP contribution in [-0.4, -0.2) is 28.7 Å². The molecule has 0 aliphatic heterocycles. The number of carbonyl (C=O) groups excluding carboxylic acids is 1. The Labute approximate surface area is 109 Å². The molecule has 0 saturated heterocycles. The highest BCUT2D eigenvalue weighted by Crippen LogP contribution is 2.35. The normalized spacial score (nSPS) is 18.3. The van der Waals surface area contributed by atoms with E-state index in [-0.39, 0.29) is 6.42 Å². The van der Waals surface area contributed by atoms with Gasteiger partial charge in [-0.15, -0.1) is 0 Å². The van der Waals surface area contributed by atoms with Crippen molar-refractivity contribution < 1.29 is 27.9 Å². The van der Waals surface area contributed by atoms with Crippen LogP contribution in [0.3, 0.4) is 0 Å². The Morgan fingerprint density at radius 3 is 2.21 bits per heavy atom. The van der Waals surface area contributed by atoms with E-state index in [0.29, 0.717) is 32.1 Å². The van der Waals surface area contributed by atoms with Crippen LogP contribution in [0.5, 0.6) is 0 Å². The molecule has 1 fully saturated rings. The minimum atomic E-state index is -4.86. The van der Waals surface area contributed by atoms with Gasteiger partial charge in [0.05, 0.1) is 0 Å². The van der Waals surface area contributed by atoms with Gasteiger partial charge in [0.1, 0.15) is 0 Å². The van der Waals surface area contributed by atoms with Crippen LogP contribution in [0, 0.1) is 0 Å². The third-order valence-electron chi connectivity index (χ3n) is 3.49. The molecule has 1 rings (SSSR count). The molecule has 2 N–H and O–H groups in total. The highest BCUT2D eigenvalue weighted by atomic mass is 19.4. The third kappa shape index (κ3) is 5.08. The molecule has 1 saturated carbocycles. The first-order chi connectivity index (χ1) is 8.75. The molecule has 1 aliphatic rings. The highest BCUT2D eigenvalue weighted by molar-refractivity contribution is 5.82. The van der Waals surface area contributed by atoms with Crippen LogP contribution in [0.2, 0.25) is 0 Å². The fourth-order valence-electron chi connectivity index (χ4n) is 2.54. The van der Waals surface area contributed by atoms with Crippen LogP contribution in [0.15, 0.2) is 0 Å². The predicted molar refractivity (Wildman–Crippen MR) is 61.5 cm³/mol. The van der Waals surface area contributed by atoms with E-state index >= 15 is 0 Å². The summed E-state index contributed by atoms with van der Waals surface area (Å²) < 4.78 is 36.8. The Hall–Kier alpha value is -1.27. The SMILES string of the molecule is O=C(O)CCCCC1(NC(=O)C(F)(F)F)CCCC1. The lowest BCUT2D eigenvalue weighted by Gasteiger charge is -2.30. The minimum Gasteiger partial charge on any atom is -0.481 e. The van der Waals surface area contributed by atoms with Gasteiger partial charge >= 0.3 is 18.1 Å². The lowest BCUT2D eigenvalue weighted by Crippen LogP contribution is -2.51. The molecule has 0 aromatic rings. The minimum absolute atomic E-state index is 0.00327. The Morgan fingerprint density at radius 1 is 1.16 bits per heavy atom. The number of hydrogen-bond acceptors (Lipinski definition) is 2. The monoisotopic (exact) mass is 281 g/mol. The van der Waals surface area contributed by atoms with Gasteiger partial charge in [0, 0.05) is 12.0 Å². The number of carboxylic acids is 1. The largest absolute Gasteiger partial charge is 0.481 e. The molecule has 0 aromatic carbocycles. The van der Waals surface area contributed by atoms with Gasteiger partial charge in [-0.3, -0.25) is 9.59 Å². The van der Waals surface area contributed by atoms with E-state index in [2.05, 4.69) is 5.32 Å². The second kappa shape index (κ2) is 6.25. The molecule has 1 aliphatic carbocycles. The summed E-state index contributed by atoms with van der Waals surface area (Å²) >= 11 is 0. The smallest absolute Gasteiger partial charge is 0.471 e. The van der Waals surface area contributed by atoms with Crippen LogP contribution < -0.4 is 5.32 Å². The molecular formula is C12H18F3NO3. The molecule has 0 spiro atoms. The summed E-state index contributed by atoms with van der Waals surface area (Å²) in [5, 5.41) is 10.6. The lowest BCUT2D eigenvalue weighted by molar-refractivity contribution is -0.175. The maximum Gasteiger partial charge on any atom is 0.471 e. The van der Waals surface area contributed by atoms with Crippen LogP contribution in [0.4, 0.5) is 13.2 Å². The zero-order chi connectivity index (χ0) is 14.5. The summed E-state index contributed by atoms with van der Waals surface area (Å²) in [4.78, 5) is 21.4. The first kappa shape index (κ1) is 15.8. The van der Waals surface area contributed by atoms with Gasteiger partial charge in [-0.2, -0.15) is 13.2 Å². The van der Waals surface area contributed by atoms with Crippen molar-refractivity contribution >= 4 is 11.9 Å². The number of rotatable bonds is 6. The van der Waals surface area contributed by atoms with Crippen LogP contribution in [0.25, 0.3) is 0 Å². The number of alkyl halides is 3. The van der Waals surface area contributed by atoms with E-state index in [1.165, 1.54) is 0 Å². The fourth-order valence-corrected chi connectivity index (χ4v) is 2.54. The summed E-state index contributed by atoms with van der Waals surface area (Å²) in [6.45, 7) is 0. The first-order valence-corrected chi connectivity index (χ1v) is 6.36. The second-order valence-electron chi connectivity index (χ2n) is 5.04. The van der Waals surface area contributed by atoms with E-state index in [9.17, 15) is 22.8 Å². The van der Waals surface area contributed by atoms with Gasteiger partial charge < -0.3 is 10.4 Å². The molecule has 0 atom stereocenters. The lowest BCUT2D eigenvalue weighted by atomic mass is 9.90. The standard InChI is InChI=1S/C12H18F3NO3/c13-12(14,15)10(19)16-11(7-3-4-8-11)6-2-1-5-9(17)18/h1-8H2,(H,16,19)(H,17,18). The van der Waals surface area contributed by atoms with Crippen molar-refractivity contribution in [3.05, 3.63) is 0 Å². The average molecular weight is 281 g/mol. The summed E-state index contributed by atoms with van der Waals surface area (Å²) in [5.74, 6) is -2.81. The number of carboxylic acid groups (broad SMARTS) is 1. The number of aliphatic carboxylic acids is 1. The number of carbonyl (C=O) groups is 2. The van der Waals surface area contributed by atoms with Crippen molar-refractivity contribution in [2.45, 2.75) is 63.1 Å². The topological polar surface area (TPSA) is 66.4 Å². The van der Waals surface area contributed by atoms with E-state index in [1.54, 1.807) is 0 Å². The van der Waals surface area contributed by atoms with Crippen molar-refractivity contribution in [3.63, 3.8) is 0 Å². The molecule has 19 heavy (non-hydrogen) atoms. The van der Waals surface area contributed by atoms with Crippen LogP contribution in [-0.2, 0) is 9.59 Å². The van der Waals surface area contributed by atoms with Gasteiger partial charge in [0.25, 0.3) is 0 Å². The molecule has 0 bridgehead atoms. The molecular weight excluding hydrogens is 263 g/mol. The number of halogens is 3. The molecule has 110 valence electrons. The number of nitrogens with one attached hydrogen (secondary N) is 1. The molecule has 0 heterocycles. The van der Waals surface area contributed by atoms with Crippen LogP contribution >= 0.6 is 0 Å². The van der Waals surface area contributed by atoms with Gasteiger partial charge in [-0.1, -0.05) is 19.3 Å². The van der Waals surface area contributed by atoms with E-state index in [4.69, 9.17) is 5.11 Å². The van der Waals surface area contributed by atoms with Gasteiger partial charge in [0.15, 0.2) is 0 Å². The number of amides is 1. The summed E-state index contributed by atoms with van der Waals surface area (Å²) in [6, 6.07) is 0. The third-order valence-corrected chi connectivity index (χ3v) is 3.49. The zero-order valence-electron chi connectivity index (χ0n) is 10.6. The quantitative estimate of drug-likeness (QED) is 0.735. The van der Waals surface area contributed by atoms with Crippen molar-refractivity contribution in [2.24, 2.45) is 0 Å². The molecule has 7 heteroatoms. The Balaban J connectivity index is 2.50. The molecule has 4 nitrogen and oxygen atoms in total. The van der Waals surface area contributed by atoms with Crippen molar-refractivity contribution in [3.8, 4) is 0 Å². The van der Waals surface area contributed by atoms with Crippen molar-refractivity contribution in [1.29, 1.82) is 0 Å². The van der Waals surface area contributed by atoms with Crippen LogP contribution in [0.1, 0.15) is 51.4 Å². The maximum absolute atomic E-state index is 12.3. The summed E-state index contributed by atoms with van der Waals surface area (Å²) in [6.07, 6.45) is -0.899. The Kier molecular flexibility index (Phi) is 5.20. The van der Waals surface area contributed by atoms with E-state index in [1.807, 2.05) is 0 Å². The fraction of sp³-hybridized carbons (Fsp3) is 0.833. The number of hydrogen-bond donors (Lipinski definition) is 2. The first-order valence-electron chi connectivity index (χ1n) is 6.36. The van der Waals surface area contributed by atoms with E-state index in [0.717, 1.165) is 12.8 Å². The van der Waals surface area contributed by atoms with Crippen molar-refractivity contribution in [1.82, 2.24) is 5.32 Å².